The predicted molar refractivity (Wildman–Crippen MR) is 497 cm³/mol. The molecule has 49 heteroatoms. The number of benzene rings is 4. The van der Waals surface area contributed by atoms with Gasteiger partial charge in [-0.1, -0.05) is 0 Å². The van der Waals surface area contributed by atoms with Crippen LogP contribution in [-0.4, -0.2) is 306 Å². The van der Waals surface area contributed by atoms with Crippen LogP contribution in [0.5, 0.6) is 23.0 Å². The van der Waals surface area contributed by atoms with Gasteiger partial charge in [0.25, 0.3) is 11.8 Å². The molecule has 1 aliphatic carbocycles. The third-order valence-electron chi connectivity index (χ3n) is 23.4. The van der Waals surface area contributed by atoms with Crippen molar-refractivity contribution in [3.8, 4) is 23.0 Å². The Bertz CT molecular complexity index is 5300. The number of aryl methyl sites for hydroxylation is 1. The number of nitrogens with zero attached hydrogens (tertiary/aromatic N) is 9. The van der Waals surface area contributed by atoms with E-state index in [-0.39, 0.29) is 164 Å². The smallest absolute Gasteiger partial charge is 0.410 e. The number of ether oxygens (including phenoxy) is 9. The van der Waals surface area contributed by atoms with Crippen LogP contribution in [0.2, 0.25) is 0 Å². The Morgan fingerprint density at radius 3 is 1.20 bits per heavy atom. The van der Waals surface area contributed by atoms with Crippen molar-refractivity contribution in [2.24, 2.45) is 11.7 Å². The second kappa shape index (κ2) is 51.8. The number of hydrogen-bond acceptors (Lipinski definition) is 31. The van der Waals surface area contributed by atoms with Gasteiger partial charge in [0, 0.05) is 202 Å². The zero-order valence-electron chi connectivity index (χ0n) is 82.1. The molecule has 4 unspecified atom stereocenters. The summed E-state index contributed by atoms with van der Waals surface area (Å²) in [5.41, 5.74) is 6.61. The van der Waals surface area contributed by atoms with Gasteiger partial charge >= 0.3 is 56.7 Å². The molecule has 10 aliphatic rings. The van der Waals surface area contributed by atoms with Crippen molar-refractivity contribution >= 4 is 130 Å². The highest BCUT2D eigenvalue weighted by atomic mass is 35.5. The van der Waals surface area contributed by atoms with Crippen molar-refractivity contribution in [3.05, 3.63) is 93.0 Å². The number of amides is 11. The van der Waals surface area contributed by atoms with Gasteiger partial charge in [-0.3, -0.25) is 73.1 Å². The number of aldehydes is 1. The Hall–Kier alpha value is -13.0. The Balaban J connectivity index is 0.000000226. The van der Waals surface area contributed by atoms with Crippen molar-refractivity contribution in [2.45, 2.75) is 221 Å². The minimum atomic E-state index is -3.18. The van der Waals surface area contributed by atoms with Gasteiger partial charge in [0.15, 0.2) is 12.1 Å². The number of piperidine rings is 3. The number of carbonyl (C=O) groups is 16. The molecule has 8 fully saturated rings. The van der Waals surface area contributed by atoms with Crippen molar-refractivity contribution < 1.29 is 160 Å². The number of ketones is 2. The summed E-state index contributed by atoms with van der Waals surface area (Å²) in [4.78, 5) is 207. The fourth-order valence-corrected chi connectivity index (χ4v) is 16.8. The first-order chi connectivity index (χ1) is 67.4. The molecule has 39 nitrogen and oxygen atoms in total. The largest absolute Gasteiger partial charge is 0.462 e. The molecule has 0 spiro atoms. The van der Waals surface area contributed by atoms with E-state index in [4.69, 9.17) is 40.3 Å². The van der Waals surface area contributed by atoms with Gasteiger partial charge in [0.2, 0.25) is 35.4 Å². The van der Waals surface area contributed by atoms with Crippen LogP contribution in [0.3, 0.4) is 0 Å². The van der Waals surface area contributed by atoms with Crippen molar-refractivity contribution in [2.75, 3.05) is 145 Å². The Kier molecular flexibility index (Phi) is 41.1. The molecular formula is C94H122ClF9N14O25. The van der Waals surface area contributed by atoms with Crippen LogP contribution >= 0.6 is 12.4 Å². The number of halogens is 10. The van der Waals surface area contributed by atoms with Gasteiger partial charge < -0.3 is 97.8 Å². The molecule has 143 heavy (non-hydrogen) atoms. The summed E-state index contributed by atoms with van der Waals surface area (Å²) < 4.78 is 165. The molecule has 0 radical (unpaired) electrons. The lowest BCUT2D eigenvalue weighted by Gasteiger charge is -2.37. The summed E-state index contributed by atoms with van der Waals surface area (Å²) in [5.74, 6) is -7.16. The lowest BCUT2D eigenvalue weighted by Crippen LogP contribution is -2.52. The SMILES string of the molecule is CC(C)(C)OC(=O)N1CCN(c2cc3c(c(OC(F)F)c2)C(=O)N(C2CCC(=O)CC2=O)C3)CC1.CCOC(=O)c1c(C=O)cc(N2CCN(C(=O)OC(C)(C)C)CC2)cc1OC(F)F.CCOC(=O)c1c(CCC2CCC(=O)NC2=O)cc(N2CCN(C(=O)OC(C)(C)C)CC2)cc1OC(F)F.Cl.NC1CCC(=O)NC1=O.O=C1CCC(N2Cc3cc(N4CCNCC4)cc(OC(F)F)c3C2=O)C(=O)N1.[2H]CF. The third kappa shape index (κ3) is 32.5. The number of alkyl halides is 9. The van der Waals surface area contributed by atoms with Gasteiger partial charge in [-0.25, -0.2) is 24.0 Å². The van der Waals surface area contributed by atoms with E-state index >= 15 is 0 Å². The lowest BCUT2D eigenvalue weighted by atomic mass is 9.90. The molecule has 4 atom stereocenters. The van der Waals surface area contributed by atoms with Crippen molar-refractivity contribution in [3.63, 3.8) is 0 Å². The summed E-state index contributed by atoms with van der Waals surface area (Å²) in [6.45, 7) is 14.4. The Labute approximate surface area is 826 Å². The molecule has 7 saturated heterocycles. The van der Waals surface area contributed by atoms with Crippen LogP contribution < -0.4 is 65.5 Å². The average Bonchev–Trinajstić information content (AvgIpc) is 1.61. The van der Waals surface area contributed by atoms with Gasteiger partial charge in [-0.05, 0) is 156 Å². The van der Waals surface area contributed by atoms with E-state index in [0.29, 0.717) is 163 Å². The number of nitrogens with one attached hydrogen (secondary N) is 4. The number of esters is 2. The zero-order valence-corrected chi connectivity index (χ0v) is 81.9. The normalized spacial score (nSPS) is 19.4. The lowest BCUT2D eigenvalue weighted by molar-refractivity contribution is -0.138. The highest BCUT2D eigenvalue weighted by Crippen LogP contribution is 2.43. The molecule has 0 aromatic heterocycles. The molecular weight excluding hydrogens is 1930 g/mol. The van der Waals surface area contributed by atoms with Crippen LogP contribution in [0.1, 0.15) is 210 Å². The van der Waals surface area contributed by atoms with Crippen molar-refractivity contribution in [1.29, 1.82) is 0 Å². The molecule has 9 heterocycles. The summed E-state index contributed by atoms with van der Waals surface area (Å²) in [6.07, 6.45) is 1.58. The van der Waals surface area contributed by atoms with Gasteiger partial charge in [0.1, 0.15) is 62.8 Å². The second-order valence-electron chi connectivity index (χ2n) is 36.8. The van der Waals surface area contributed by atoms with E-state index in [1.807, 2.05) is 14.7 Å². The topological polar surface area (TPSA) is 459 Å². The molecule has 11 amide bonds. The van der Waals surface area contributed by atoms with Gasteiger partial charge in [-0.15, -0.1) is 12.4 Å². The van der Waals surface area contributed by atoms with Crippen LogP contribution in [0.25, 0.3) is 0 Å². The zero-order chi connectivity index (χ0) is 105. The number of rotatable bonds is 22. The third-order valence-corrected chi connectivity index (χ3v) is 23.4. The minimum absolute atomic E-state index is 0. The molecule has 788 valence electrons. The molecule has 4 aromatic rings. The Morgan fingerprint density at radius 1 is 0.462 bits per heavy atom. The van der Waals surface area contributed by atoms with Crippen LogP contribution in [0.15, 0.2) is 48.5 Å². The molecule has 9 aliphatic heterocycles. The first-order valence-corrected chi connectivity index (χ1v) is 46.1. The summed E-state index contributed by atoms with van der Waals surface area (Å²) in [7, 11) is -1.00. The monoisotopic (exact) mass is 2050 g/mol. The van der Waals surface area contributed by atoms with E-state index in [1.165, 1.54) is 40.1 Å². The summed E-state index contributed by atoms with van der Waals surface area (Å²) in [5, 5.41) is 9.88. The maximum absolute atomic E-state index is 13.4. The minimum Gasteiger partial charge on any atom is -0.462 e. The maximum Gasteiger partial charge on any atom is 0.410 e. The first kappa shape index (κ1) is 114. The second-order valence-corrected chi connectivity index (χ2v) is 36.8. The number of hydrogen-bond donors (Lipinski definition) is 5. The number of fused-ring (bicyclic) bond motifs is 2. The number of nitrogens with two attached hydrogens (primary N) is 1. The maximum atomic E-state index is 13.4. The number of carbonyl (C=O) groups excluding carboxylic acids is 16. The van der Waals surface area contributed by atoms with E-state index in [2.05, 4.69) is 30.7 Å². The quantitative estimate of drug-likeness (QED) is 0.0122. The number of piperazine rings is 4. The van der Waals surface area contributed by atoms with E-state index in [0.717, 1.165) is 13.1 Å². The molecule has 4 aromatic carbocycles. The summed E-state index contributed by atoms with van der Waals surface area (Å²) in [6, 6.07) is 10.1. The number of anilines is 4. The number of imide groups is 3. The highest BCUT2D eigenvalue weighted by Gasteiger charge is 2.45. The molecule has 1 saturated carbocycles. The standard InChI is InChI=1S/C26H35F2N3O7.C24H29F2N3O6.C20H26F2N2O6.C18H20F2N4O4.C5H8N2O2.CH3F.ClH/c1-5-36-23(34)21-17(7-6-16-8-9-20(32)29-22(16)33)14-18(15-19(21)37-24(27)28)30-10-12-31(13-11-30)25(35)38-26(2,3)4;1-24(2,3)35-23(33)28-8-6-27(7-9-28)15-10-14-13-29(17-5-4-16(30)12-18(17)31)21(32)20(14)19(11-15)34-22(25)26;1-5-28-17(26)16-13(12-25)10-14(11-15(16)29-18(21)22)23-6-8-24(9-7-23)19(27)30-20(2,3)4;19-18(20)28-13-8-11(23-5-3-21-4-6-23)7-10-9-24(17(27)15(10)13)12-1-2-14(25)22-16(12)26;6-3-1-2-4(8)7-5(3)9;1-2;/h14-16,24H,5-13H2,1-4H3,(H,29,32,33);10-11,17,22H,4-9,12-13H2,1-3H3;10-12,18H,5-9H2,1-4H3;7-8,12,18,21H,1-6,9H2,(H,22,25,26);3H,1-2,6H2,(H,7,8,9);1H3;1H/i;;;;;1D;. The molecule has 6 N–H and O–H groups in total. The molecule has 14 rings (SSSR count). The van der Waals surface area contributed by atoms with Crippen LogP contribution in [0.4, 0.5) is 76.6 Å². The predicted octanol–water partition coefficient (Wildman–Crippen LogP) is 10.0. The Morgan fingerprint density at radius 2 is 0.818 bits per heavy atom. The van der Waals surface area contributed by atoms with Gasteiger partial charge in [-0.2, -0.15) is 35.1 Å². The van der Waals surface area contributed by atoms with E-state index in [9.17, 15) is 116 Å². The van der Waals surface area contributed by atoms with E-state index in [1.54, 1.807) is 114 Å². The first-order valence-electron chi connectivity index (χ1n) is 46.8. The summed E-state index contributed by atoms with van der Waals surface area (Å²) >= 11 is 0. The fraction of sp³-hybridized carbons (Fsp3) is 0.574. The van der Waals surface area contributed by atoms with E-state index < -0.39 is 134 Å². The number of Topliss-reactive ketones (excluding diaryl/α,β-unsaturated/α-hetero) is 2. The van der Waals surface area contributed by atoms with Gasteiger partial charge in [0.05, 0.1) is 51.4 Å². The van der Waals surface area contributed by atoms with Crippen molar-refractivity contribution in [1.82, 2.24) is 45.8 Å². The molecule has 0 bridgehead atoms. The highest BCUT2D eigenvalue weighted by molar-refractivity contribution is 6.10. The van der Waals surface area contributed by atoms with Crippen LogP contribution in [-0.2, 0) is 81.6 Å². The van der Waals surface area contributed by atoms with Crippen LogP contribution in [0, 0.1) is 5.92 Å². The fourth-order valence-electron chi connectivity index (χ4n) is 16.8. The average molecular weight is 2060 g/mol.